The van der Waals surface area contributed by atoms with E-state index in [9.17, 15) is 14.7 Å². The molecule has 2 amide bonds. The summed E-state index contributed by atoms with van der Waals surface area (Å²) in [6, 6.07) is 24.6. The second-order valence-corrected chi connectivity index (χ2v) is 12.0. The standard InChI is InChI=1S/C37H40N2O5/c1-3-7-24(20-25-10-17-30(40)18-11-25)12-19-33-34-26(22-43-2)21-31-35(32(34)23-44-33)37(42)39(36(31)41)29-15-13-28(14-16-29)38-27-8-5-4-6-9-27/h4-6,8-11,13-18,20,31-33,35,38,40H,3,7,12,19,21-23H2,1-2H3/b24-20+/t31-,32+,33-,35-/m1/s1. The first-order chi connectivity index (χ1) is 21.5. The molecular formula is C37H40N2O5. The van der Waals surface area contributed by atoms with E-state index in [4.69, 9.17) is 9.47 Å². The average Bonchev–Trinajstić information content (AvgIpc) is 3.56. The molecule has 2 saturated heterocycles. The van der Waals surface area contributed by atoms with Gasteiger partial charge >= 0.3 is 0 Å². The molecule has 44 heavy (non-hydrogen) atoms. The fraction of sp³-hybridized carbons (Fsp3) is 0.351. The van der Waals surface area contributed by atoms with E-state index in [0.29, 0.717) is 25.3 Å². The zero-order valence-corrected chi connectivity index (χ0v) is 25.4. The maximum atomic E-state index is 14.0. The number of hydrogen-bond donors (Lipinski definition) is 2. The molecule has 4 atom stereocenters. The Bertz CT molecular complexity index is 1540. The molecule has 0 aromatic heterocycles. The molecule has 0 spiro atoms. The highest BCUT2D eigenvalue weighted by Crippen LogP contribution is 2.50. The molecular weight excluding hydrogens is 552 g/mol. The third-order valence-electron chi connectivity index (χ3n) is 9.08. The van der Waals surface area contributed by atoms with Crippen molar-refractivity contribution in [1.29, 1.82) is 0 Å². The van der Waals surface area contributed by atoms with Crippen LogP contribution < -0.4 is 10.2 Å². The lowest BCUT2D eigenvalue weighted by molar-refractivity contribution is -0.122. The number of carbonyl (C=O) groups is 2. The van der Waals surface area contributed by atoms with Gasteiger partial charge in [0.2, 0.25) is 11.8 Å². The number of fused-ring (bicyclic) bond motifs is 3. The number of ether oxygens (including phenoxy) is 2. The third-order valence-corrected chi connectivity index (χ3v) is 9.08. The quantitative estimate of drug-likeness (QED) is 0.180. The van der Waals surface area contributed by atoms with E-state index in [-0.39, 0.29) is 29.6 Å². The van der Waals surface area contributed by atoms with Crippen LogP contribution in [0.5, 0.6) is 5.75 Å². The van der Waals surface area contributed by atoms with Gasteiger partial charge in [0.1, 0.15) is 5.75 Å². The molecule has 2 aliphatic heterocycles. The molecule has 0 saturated carbocycles. The molecule has 3 aromatic carbocycles. The zero-order valence-electron chi connectivity index (χ0n) is 25.4. The lowest BCUT2D eigenvalue weighted by Gasteiger charge is -2.31. The number of nitrogens with zero attached hydrogens (tertiary/aromatic N) is 1. The van der Waals surface area contributed by atoms with Crippen molar-refractivity contribution in [3.05, 3.63) is 101 Å². The summed E-state index contributed by atoms with van der Waals surface area (Å²) in [6.45, 7) is 3.04. The largest absolute Gasteiger partial charge is 0.508 e. The average molecular weight is 593 g/mol. The zero-order chi connectivity index (χ0) is 30.6. The molecule has 0 bridgehead atoms. The lowest BCUT2D eigenvalue weighted by Crippen LogP contribution is -2.35. The number of hydrogen-bond acceptors (Lipinski definition) is 6. The second-order valence-electron chi connectivity index (χ2n) is 12.0. The van der Waals surface area contributed by atoms with Crippen molar-refractivity contribution in [2.45, 2.75) is 45.1 Å². The highest BCUT2D eigenvalue weighted by atomic mass is 16.5. The Morgan fingerprint density at radius 1 is 0.955 bits per heavy atom. The Morgan fingerprint density at radius 3 is 2.39 bits per heavy atom. The monoisotopic (exact) mass is 592 g/mol. The highest BCUT2D eigenvalue weighted by Gasteiger charge is 2.57. The molecule has 7 heteroatoms. The van der Waals surface area contributed by atoms with Crippen molar-refractivity contribution in [3.8, 4) is 5.75 Å². The summed E-state index contributed by atoms with van der Waals surface area (Å²) >= 11 is 0. The number of aromatic hydroxyl groups is 1. The summed E-state index contributed by atoms with van der Waals surface area (Å²) < 4.78 is 12.0. The van der Waals surface area contributed by atoms with Crippen molar-refractivity contribution >= 4 is 35.0 Å². The maximum absolute atomic E-state index is 14.0. The van der Waals surface area contributed by atoms with Crippen LogP contribution >= 0.6 is 0 Å². The van der Waals surface area contributed by atoms with Crippen LogP contribution in [-0.2, 0) is 19.1 Å². The smallest absolute Gasteiger partial charge is 0.238 e. The topological polar surface area (TPSA) is 88.1 Å². The fourth-order valence-electron chi connectivity index (χ4n) is 7.13. The minimum Gasteiger partial charge on any atom is -0.508 e. The van der Waals surface area contributed by atoms with Gasteiger partial charge in [0.25, 0.3) is 0 Å². The van der Waals surface area contributed by atoms with Gasteiger partial charge in [0.15, 0.2) is 0 Å². The summed E-state index contributed by atoms with van der Waals surface area (Å²) in [6.07, 6.45) is 6.31. The molecule has 2 N–H and O–H groups in total. The molecule has 3 aliphatic rings. The van der Waals surface area contributed by atoms with E-state index >= 15 is 0 Å². The Balaban J connectivity index is 1.19. The number of allylic oxidation sites excluding steroid dienone is 1. The van der Waals surface area contributed by atoms with Gasteiger partial charge in [-0.2, -0.15) is 0 Å². The van der Waals surface area contributed by atoms with Crippen molar-refractivity contribution < 1.29 is 24.2 Å². The maximum Gasteiger partial charge on any atom is 0.238 e. The van der Waals surface area contributed by atoms with Crippen LogP contribution in [0, 0.1) is 17.8 Å². The molecule has 0 radical (unpaired) electrons. The molecule has 7 nitrogen and oxygen atoms in total. The number of phenolic OH excluding ortho intramolecular Hbond substituents is 1. The van der Waals surface area contributed by atoms with Crippen LogP contribution in [-0.4, -0.2) is 43.3 Å². The van der Waals surface area contributed by atoms with Crippen LogP contribution in [0.1, 0.15) is 44.6 Å². The molecule has 6 rings (SSSR count). The first-order valence-electron chi connectivity index (χ1n) is 15.6. The van der Waals surface area contributed by atoms with E-state index in [1.54, 1.807) is 19.2 Å². The van der Waals surface area contributed by atoms with Crippen LogP contribution in [0.15, 0.2) is 95.6 Å². The first-order valence-corrected chi connectivity index (χ1v) is 15.6. The van der Waals surface area contributed by atoms with E-state index in [1.165, 1.54) is 16.0 Å². The van der Waals surface area contributed by atoms with Crippen molar-refractivity contribution in [3.63, 3.8) is 0 Å². The number of phenols is 1. The van der Waals surface area contributed by atoms with Crippen molar-refractivity contribution in [2.75, 3.05) is 30.5 Å². The van der Waals surface area contributed by atoms with E-state index in [1.807, 2.05) is 66.7 Å². The van der Waals surface area contributed by atoms with Crippen LogP contribution in [0.2, 0.25) is 0 Å². The molecule has 0 unspecified atom stereocenters. The minimum absolute atomic E-state index is 0.105. The summed E-state index contributed by atoms with van der Waals surface area (Å²) in [5.41, 5.74) is 7.12. The van der Waals surface area contributed by atoms with Crippen molar-refractivity contribution in [2.24, 2.45) is 17.8 Å². The normalized spacial score (nSPS) is 23.2. The Hall–Kier alpha value is -4.20. The summed E-state index contributed by atoms with van der Waals surface area (Å²) in [7, 11) is 1.68. The van der Waals surface area contributed by atoms with Crippen LogP contribution in [0.3, 0.4) is 0 Å². The number of amides is 2. The molecule has 2 heterocycles. The lowest BCUT2D eigenvalue weighted by atomic mass is 9.69. The molecule has 1 aliphatic carbocycles. The van der Waals surface area contributed by atoms with Gasteiger partial charge in [-0.25, -0.2) is 0 Å². The number of nitrogens with one attached hydrogen (secondary N) is 1. The van der Waals surface area contributed by atoms with E-state index < -0.39 is 11.8 Å². The Kier molecular flexibility index (Phi) is 8.96. The first kappa shape index (κ1) is 29.9. The Morgan fingerprint density at radius 2 is 1.68 bits per heavy atom. The second kappa shape index (κ2) is 13.2. The van der Waals surface area contributed by atoms with Crippen LogP contribution in [0.25, 0.3) is 6.08 Å². The number of methoxy groups -OCH3 is 1. The van der Waals surface area contributed by atoms with Gasteiger partial charge in [0, 0.05) is 24.4 Å². The van der Waals surface area contributed by atoms with Gasteiger partial charge in [-0.1, -0.05) is 55.3 Å². The van der Waals surface area contributed by atoms with E-state index in [0.717, 1.165) is 48.2 Å². The summed E-state index contributed by atoms with van der Waals surface area (Å²) in [4.78, 5) is 29.2. The third kappa shape index (κ3) is 6.07. The summed E-state index contributed by atoms with van der Waals surface area (Å²) in [5, 5.41) is 13.0. The van der Waals surface area contributed by atoms with Gasteiger partial charge in [-0.05, 0) is 90.9 Å². The van der Waals surface area contributed by atoms with Gasteiger partial charge in [0.05, 0.1) is 36.8 Å². The number of rotatable bonds is 11. The molecule has 3 aromatic rings. The van der Waals surface area contributed by atoms with Gasteiger partial charge in [-0.15, -0.1) is 0 Å². The number of benzene rings is 3. The number of imide groups is 1. The Labute approximate surface area is 259 Å². The van der Waals surface area contributed by atoms with Crippen LogP contribution in [0.4, 0.5) is 17.1 Å². The fourth-order valence-corrected chi connectivity index (χ4v) is 7.13. The molecule has 2 fully saturated rings. The number of anilines is 3. The minimum atomic E-state index is -0.423. The predicted octanol–water partition coefficient (Wildman–Crippen LogP) is 7.27. The number of carbonyl (C=O) groups excluding carboxylic acids is 2. The summed E-state index contributed by atoms with van der Waals surface area (Å²) in [5.74, 6) is -0.968. The van der Waals surface area contributed by atoms with Gasteiger partial charge < -0.3 is 19.9 Å². The molecule has 228 valence electrons. The predicted molar refractivity (Wildman–Crippen MR) is 173 cm³/mol. The SMILES string of the molecule is CCC/C(=C\c1ccc(O)cc1)CC[C@H]1OC[C@H]2C1=C(COC)C[C@H]1C(=O)N(c3ccc(Nc4ccccc4)cc3)C(=O)[C@H]12. The van der Waals surface area contributed by atoms with Crippen molar-refractivity contribution in [1.82, 2.24) is 0 Å². The van der Waals surface area contributed by atoms with E-state index in [2.05, 4.69) is 18.3 Å². The number of para-hydroxylation sites is 1. The van der Waals surface area contributed by atoms with Gasteiger partial charge in [-0.3, -0.25) is 14.5 Å². The highest BCUT2D eigenvalue weighted by molar-refractivity contribution is 6.22.